The van der Waals surface area contributed by atoms with E-state index >= 15 is 4.39 Å². The first-order chi connectivity index (χ1) is 15.4. The lowest BCUT2D eigenvalue weighted by atomic mass is 9.99. The summed E-state index contributed by atoms with van der Waals surface area (Å²) in [5.41, 5.74) is 3.72. The van der Waals surface area contributed by atoms with Gasteiger partial charge in [-0.1, -0.05) is 6.07 Å². The summed E-state index contributed by atoms with van der Waals surface area (Å²) in [5.74, 6) is -5.58. The summed E-state index contributed by atoms with van der Waals surface area (Å²) < 4.78 is 63.6. The monoisotopic (exact) mass is 445 g/mol. The van der Waals surface area contributed by atoms with Crippen molar-refractivity contribution in [3.63, 3.8) is 0 Å². The fourth-order valence-corrected chi connectivity index (χ4v) is 3.73. The molecule has 1 aromatic heterocycles. The third-order valence-electron chi connectivity index (χ3n) is 5.36. The molecule has 3 N–H and O–H groups in total. The summed E-state index contributed by atoms with van der Waals surface area (Å²) in [6.45, 7) is 0. The van der Waals surface area contributed by atoms with Crippen molar-refractivity contribution in [3.8, 4) is 16.9 Å². The van der Waals surface area contributed by atoms with Crippen LogP contribution in [0.3, 0.4) is 0 Å². The fourth-order valence-electron chi connectivity index (χ4n) is 3.73. The molecule has 1 heterocycles. The molecule has 0 spiro atoms. The summed E-state index contributed by atoms with van der Waals surface area (Å²) >= 11 is 0. The van der Waals surface area contributed by atoms with Crippen molar-refractivity contribution in [1.29, 1.82) is 0 Å². The first kappa shape index (κ1) is 21.8. The topological polar surface area (TPSA) is 77.2 Å². The largest absolute Gasteiger partial charge is 0.487 e. The zero-order chi connectivity index (χ0) is 22.8. The second kappa shape index (κ2) is 8.96. The number of nitrogens with two attached hydrogens (primary N) is 1. The first-order valence-electron chi connectivity index (χ1n) is 9.96. The normalized spacial score (nSPS) is 17.9. The molecule has 1 aliphatic rings. The predicted octanol–water partition coefficient (Wildman–Crippen LogP) is 4.82. The minimum absolute atomic E-state index is 0.152. The molecule has 0 unspecified atom stereocenters. The van der Waals surface area contributed by atoms with Crippen molar-refractivity contribution < 1.29 is 27.1 Å². The number of pyridine rings is 1. The van der Waals surface area contributed by atoms with Crippen molar-refractivity contribution in [2.45, 2.75) is 31.4 Å². The molecule has 32 heavy (non-hydrogen) atoms. The van der Waals surface area contributed by atoms with E-state index in [1.165, 1.54) is 18.5 Å². The first-order valence-corrected chi connectivity index (χ1v) is 9.96. The molecule has 0 saturated heterocycles. The van der Waals surface area contributed by atoms with E-state index in [1.807, 2.05) is 0 Å². The molecular weight excluding hydrogens is 426 g/mol. The Bertz CT molecular complexity index is 1150. The van der Waals surface area contributed by atoms with Crippen molar-refractivity contribution >= 4 is 11.6 Å². The highest BCUT2D eigenvalue weighted by atomic mass is 19.1. The van der Waals surface area contributed by atoms with Crippen LogP contribution < -0.4 is 15.8 Å². The summed E-state index contributed by atoms with van der Waals surface area (Å²) in [5, 5.41) is 2.47. The van der Waals surface area contributed by atoms with Crippen molar-refractivity contribution in [2.24, 2.45) is 5.73 Å². The number of anilines is 1. The number of halogens is 4. The number of nitrogens with one attached hydrogen (secondary N) is 1. The van der Waals surface area contributed by atoms with Crippen LogP contribution in [0.15, 0.2) is 48.8 Å². The highest BCUT2D eigenvalue weighted by Gasteiger charge is 2.28. The molecule has 5 nitrogen and oxygen atoms in total. The number of nitrogens with zero attached hydrogens (tertiary/aromatic N) is 1. The van der Waals surface area contributed by atoms with Gasteiger partial charge in [0, 0.05) is 18.3 Å². The van der Waals surface area contributed by atoms with Crippen LogP contribution in [0.25, 0.3) is 11.1 Å². The second-order valence-electron chi connectivity index (χ2n) is 7.46. The van der Waals surface area contributed by atoms with Crippen LogP contribution in [0, 0.1) is 23.3 Å². The molecule has 0 bridgehead atoms. The Morgan fingerprint density at radius 1 is 1.00 bits per heavy atom. The van der Waals surface area contributed by atoms with Gasteiger partial charge in [0.1, 0.15) is 40.8 Å². The summed E-state index contributed by atoms with van der Waals surface area (Å²) in [6.07, 6.45) is 5.00. The van der Waals surface area contributed by atoms with Gasteiger partial charge in [-0.2, -0.15) is 0 Å². The standard InChI is InChI=1S/C23H19F4N3O2/c24-13-3-1-4-14(25)20(13)21-15(26)8-7-12(22(21)27)23(31)30-17-11-29-10-9-19(17)32-18-6-2-5-16(18)28/h1,3-4,7-11,16,18H,2,5-6,28H2,(H,30,31)/t16-,18-/m0/s1. The Labute approximate surface area is 181 Å². The van der Waals surface area contributed by atoms with Gasteiger partial charge < -0.3 is 15.8 Å². The number of carbonyl (C=O) groups is 1. The molecule has 1 aliphatic carbocycles. The molecule has 1 saturated carbocycles. The summed E-state index contributed by atoms with van der Waals surface area (Å²) in [4.78, 5) is 16.7. The van der Waals surface area contributed by atoms with Gasteiger partial charge in [-0.05, 0) is 43.5 Å². The lowest BCUT2D eigenvalue weighted by Crippen LogP contribution is -2.33. The van der Waals surface area contributed by atoms with Crippen LogP contribution in [0.2, 0.25) is 0 Å². The van der Waals surface area contributed by atoms with Gasteiger partial charge in [0.2, 0.25) is 0 Å². The molecule has 4 rings (SSSR count). The Hall–Kier alpha value is -3.46. The van der Waals surface area contributed by atoms with Crippen LogP contribution in [0.1, 0.15) is 29.6 Å². The minimum Gasteiger partial charge on any atom is -0.487 e. The average molecular weight is 445 g/mol. The predicted molar refractivity (Wildman–Crippen MR) is 110 cm³/mol. The molecular formula is C23H19F4N3O2. The number of ether oxygens (including phenoxy) is 1. The number of benzene rings is 2. The molecule has 0 radical (unpaired) electrons. The summed E-state index contributed by atoms with van der Waals surface area (Å²) in [7, 11) is 0. The van der Waals surface area contributed by atoms with Crippen LogP contribution in [-0.2, 0) is 0 Å². The lowest BCUT2D eigenvalue weighted by Gasteiger charge is -2.20. The molecule has 3 aromatic rings. The van der Waals surface area contributed by atoms with Gasteiger partial charge in [-0.3, -0.25) is 9.78 Å². The van der Waals surface area contributed by atoms with Crippen molar-refractivity contribution in [2.75, 3.05) is 5.32 Å². The van der Waals surface area contributed by atoms with Gasteiger partial charge in [-0.15, -0.1) is 0 Å². The maximum atomic E-state index is 15.1. The number of hydrogen-bond donors (Lipinski definition) is 2. The number of hydrogen-bond acceptors (Lipinski definition) is 4. The Kier molecular flexibility index (Phi) is 6.09. The van der Waals surface area contributed by atoms with Crippen LogP contribution >= 0.6 is 0 Å². The molecule has 1 fully saturated rings. The van der Waals surface area contributed by atoms with E-state index in [2.05, 4.69) is 10.3 Å². The van der Waals surface area contributed by atoms with Gasteiger partial charge in [0.05, 0.1) is 22.9 Å². The zero-order valence-corrected chi connectivity index (χ0v) is 16.7. The maximum Gasteiger partial charge on any atom is 0.258 e. The Morgan fingerprint density at radius 2 is 1.72 bits per heavy atom. The minimum atomic E-state index is -1.39. The third kappa shape index (κ3) is 4.16. The Morgan fingerprint density at radius 3 is 2.41 bits per heavy atom. The van der Waals surface area contributed by atoms with E-state index in [1.54, 1.807) is 0 Å². The summed E-state index contributed by atoms with van der Waals surface area (Å²) in [6, 6.07) is 5.86. The molecule has 2 atom stereocenters. The molecule has 1 amide bonds. The van der Waals surface area contributed by atoms with Crippen molar-refractivity contribution in [1.82, 2.24) is 4.98 Å². The lowest BCUT2D eigenvalue weighted by molar-refractivity contribution is 0.102. The molecule has 9 heteroatoms. The van der Waals surface area contributed by atoms with Crippen LogP contribution in [0.4, 0.5) is 23.2 Å². The van der Waals surface area contributed by atoms with E-state index < -0.39 is 45.9 Å². The smallest absolute Gasteiger partial charge is 0.258 e. The van der Waals surface area contributed by atoms with E-state index in [0.29, 0.717) is 5.75 Å². The molecule has 166 valence electrons. The highest BCUT2D eigenvalue weighted by molar-refractivity contribution is 6.06. The maximum absolute atomic E-state index is 15.1. The third-order valence-corrected chi connectivity index (χ3v) is 5.36. The highest BCUT2D eigenvalue weighted by Crippen LogP contribution is 2.33. The SMILES string of the molecule is N[C@H]1CCC[C@@H]1Oc1ccncc1NC(=O)c1ccc(F)c(-c2c(F)cccc2F)c1F. The van der Waals surface area contributed by atoms with Gasteiger partial charge in [-0.25, -0.2) is 17.6 Å². The fraction of sp³-hybridized carbons (Fsp3) is 0.217. The van der Waals surface area contributed by atoms with E-state index in [9.17, 15) is 18.0 Å². The van der Waals surface area contributed by atoms with E-state index in [0.717, 1.165) is 49.6 Å². The molecule has 0 aliphatic heterocycles. The number of rotatable bonds is 5. The zero-order valence-electron chi connectivity index (χ0n) is 16.7. The van der Waals surface area contributed by atoms with Crippen LogP contribution in [0.5, 0.6) is 5.75 Å². The second-order valence-corrected chi connectivity index (χ2v) is 7.46. The van der Waals surface area contributed by atoms with E-state index in [4.69, 9.17) is 10.5 Å². The van der Waals surface area contributed by atoms with E-state index in [-0.39, 0.29) is 17.8 Å². The number of amides is 1. The number of aromatic nitrogens is 1. The Balaban J connectivity index is 1.66. The van der Waals surface area contributed by atoms with Gasteiger partial charge in [0.15, 0.2) is 0 Å². The quantitative estimate of drug-likeness (QED) is 0.553. The average Bonchev–Trinajstić information content (AvgIpc) is 3.16. The number of carbonyl (C=O) groups excluding carboxylic acids is 1. The van der Waals surface area contributed by atoms with Crippen LogP contribution in [-0.4, -0.2) is 23.0 Å². The van der Waals surface area contributed by atoms with Gasteiger partial charge >= 0.3 is 0 Å². The molecule has 2 aromatic carbocycles. The van der Waals surface area contributed by atoms with Crippen molar-refractivity contribution in [3.05, 3.63) is 77.6 Å². The van der Waals surface area contributed by atoms with Gasteiger partial charge in [0.25, 0.3) is 5.91 Å².